The van der Waals surface area contributed by atoms with Gasteiger partial charge in [-0.15, -0.1) is 0 Å². The summed E-state index contributed by atoms with van der Waals surface area (Å²) in [6, 6.07) is 8.56. The van der Waals surface area contributed by atoms with Crippen molar-refractivity contribution in [3.05, 3.63) is 54.1 Å². The van der Waals surface area contributed by atoms with Crippen molar-refractivity contribution in [1.29, 1.82) is 0 Å². The lowest BCUT2D eigenvalue weighted by Gasteiger charge is -2.60. The van der Waals surface area contributed by atoms with E-state index in [9.17, 15) is 22.4 Å². The number of fused-ring (bicyclic) bond motifs is 1. The lowest BCUT2D eigenvalue weighted by Crippen LogP contribution is -2.68. The van der Waals surface area contributed by atoms with Crippen LogP contribution in [0.15, 0.2) is 47.5 Å². The highest BCUT2D eigenvalue weighted by molar-refractivity contribution is 7.89. The van der Waals surface area contributed by atoms with Crippen molar-refractivity contribution in [2.75, 3.05) is 24.5 Å². The largest absolute Gasteiger partial charge is 0.330 e. The molecular formula is C23H25FN4O4S. The minimum atomic E-state index is -3.88. The van der Waals surface area contributed by atoms with Gasteiger partial charge in [0.25, 0.3) is 5.91 Å². The molecule has 2 amide bonds. The molecule has 0 N–H and O–H groups in total. The molecule has 1 saturated carbocycles. The molecular weight excluding hydrogens is 447 g/mol. The summed E-state index contributed by atoms with van der Waals surface area (Å²) in [6.07, 6.45) is 2.87. The van der Waals surface area contributed by atoms with Crippen LogP contribution < -0.4 is 4.90 Å². The van der Waals surface area contributed by atoms with Gasteiger partial charge in [0.2, 0.25) is 15.9 Å². The van der Waals surface area contributed by atoms with E-state index in [-0.39, 0.29) is 39.9 Å². The van der Waals surface area contributed by atoms with E-state index < -0.39 is 15.8 Å². The Morgan fingerprint density at radius 3 is 2.52 bits per heavy atom. The maximum atomic E-state index is 14.0. The molecule has 0 radical (unpaired) electrons. The van der Waals surface area contributed by atoms with Gasteiger partial charge >= 0.3 is 0 Å². The highest BCUT2D eigenvalue weighted by atomic mass is 32.2. The minimum absolute atomic E-state index is 0.0624. The maximum Gasteiger partial charge on any atom is 0.275 e. The molecule has 1 spiro atoms. The van der Waals surface area contributed by atoms with Crippen molar-refractivity contribution in [1.82, 2.24) is 14.2 Å². The van der Waals surface area contributed by atoms with E-state index >= 15 is 0 Å². The molecule has 1 aromatic heterocycles. The number of sulfonamides is 1. The first-order chi connectivity index (χ1) is 15.6. The van der Waals surface area contributed by atoms with Gasteiger partial charge in [-0.25, -0.2) is 17.8 Å². The van der Waals surface area contributed by atoms with E-state index in [1.165, 1.54) is 29.4 Å². The highest BCUT2D eigenvalue weighted by Gasteiger charge is 2.58. The zero-order valence-electron chi connectivity index (χ0n) is 18.4. The Hall–Kier alpha value is -2.85. The van der Waals surface area contributed by atoms with Crippen molar-refractivity contribution in [2.24, 2.45) is 5.41 Å². The maximum absolute atomic E-state index is 14.0. The summed E-state index contributed by atoms with van der Waals surface area (Å²) in [5, 5.41) is 0. The van der Waals surface area contributed by atoms with Crippen LogP contribution in [0, 0.1) is 11.2 Å². The molecule has 2 aromatic rings. The van der Waals surface area contributed by atoms with Gasteiger partial charge in [0.15, 0.2) is 5.69 Å². The number of benzene rings is 1. The molecule has 0 bridgehead atoms. The summed E-state index contributed by atoms with van der Waals surface area (Å²) in [7, 11) is -3.88. The predicted octanol–water partition coefficient (Wildman–Crippen LogP) is 2.27. The number of nitrogens with zero attached hydrogens (tertiary/aromatic N) is 4. The lowest BCUT2D eigenvalue weighted by atomic mass is 9.61. The highest BCUT2D eigenvalue weighted by Crippen LogP contribution is 2.52. The number of amides is 2. The molecule has 1 aliphatic carbocycles. The molecule has 2 fully saturated rings. The van der Waals surface area contributed by atoms with Crippen molar-refractivity contribution in [2.45, 2.75) is 43.7 Å². The molecule has 3 aliphatic rings. The second-order valence-electron chi connectivity index (χ2n) is 9.33. The minimum Gasteiger partial charge on any atom is -0.330 e. The van der Waals surface area contributed by atoms with E-state index in [1.54, 1.807) is 28.1 Å². The molecule has 1 atom stereocenters. The summed E-state index contributed by atoms with van der Waals surface area (Å²) in [5.74, 6) is -1.12. The monoisotopic (exact) mass is 472 g/mol. The zero-order chi connectivity index (χ0) is 23.5. The summed E-state index contributed by atoms with van der Waals surface area (Å²) >= 11 is 0. The van der Waals surface area contributed by atoms with Crippen LogP contribution in [0.25, 0.3) is 0 Å². The molecule has 33 heavy (non-hydrogen) atoms. The molecule has 1 aromatic carbocycles. The fourth-order valence-electron chi connectivity index (χ4n) is 5.44. The Kier molecular flexibility index (Phi) is 5.06. The number of hydrogen-bond donors (Lipinski definition) is 0. The third-order valence-corrected chi connectivity index (χ3v) is 8.85. The number of halogens is 1. The smallest absolute Gasteiger partial charge is 0.275 e. The van der Waals surface area contributed by atoms with Gasteiger partial charge in [-0.1, -0.05) is 12.1 Å². The van der Waals surface area contributed by atoms with Gasteiger partial charge in [-0.2, -0.15) is 4.31 Å². The van der Waals surface area contributed by atoms with E-state index in [4.69, 9.17) is 0 Å². The summed E-state index contributed by atoms with van der Waals surface area (Å²) in [5.41, 5.74) is 0.572. The summed E-state index contributed by atoms with van der Waals surface area (Å²) in [4.78, 5) is 33.0. The number of carbonyl (C=O) groups excluding carboxylic acids is 2. The normalized spacial score (nSPS) is 23.0. The number of carbonyl (C=O) groups is 2. The first kappa shape index (κ1) is 22.0. The third kappa shape index (κ3) is 3.43. The Balaban J connectivity index is 1.31. The molecule has 174 valence electrons. The van der Waals surface area contributed by atoms with E-state index in [0.29, 0.717) is 38.2 Å². The Labute approximate surface area is 192 Å². The first-order valence-electron chi connectivity index (χ1n) is 10.9. The van der Waals surface area contributed by atoms with Gasteiger partial charge in [0.1, 0.15) is 10.7 Å². The topological polar surface area (TPSA) is 90.9 Å². The molecule has 0 unspecified atom stereocenters. The number of pyridine rings is 1. The first-order valence-corrected chi connectivity index (χ1v) is 12.4. The van der Waals surface area contributed by atoms with Gasteiger partial charge in [-0.3, -0.25) is 9.59 Å². The van der Waals surface area contributed by atoms with Crippen LogP contribution in [0.5, 0.6) is 0 Å². The van der Waals surface area contributed by atoms with Gasteiger partial charge in [-0.05, 0) is 44.0 Å². The summed E-state index contributed by atoms with van der Waals surface area (Å²) in [6.45, 7) is 4.38. The van der Waals surface area contributed by atoms with Crippen LogP contribution in [-0.2, 0) is 14.8 Å². The Morgan fingerprint density at radius 2 is 1.85 bits per heavy atom. The molecule has 1 saturated heterocycles. The van der Waals surface area contributed by atoms with Crippen LogP contribution in [0.3, 0.4) is 0 Å². The molecule has 2 aliphatic heterocycles. The number of rotatable bonds is 3. The predicted molar refractivity (Wildman–Crippen MR) is 119 cm³/mol. The SMILES string of the molecule is CC(=O)N1C[C@@H](C)N(C2CC3(C2)CN(S(=O)(=O)c2ccccc2F)C3)C(=O)c2ncccc21. The van der Waals surface area contributed by atoms with E-state index in [2.05, 4.69) is 4.98 Å². The Bertz CT molecular complexity index is 1240. The zero-order valence-corrected chi connectivity index (χ0v) is 19.3. The van der Waals surface area contributed by atoms with Crippen molar-refractivity contribution < 1.29 is 22.4 Å². The van der Waals surface area contributed by atoms with Crippen molar-refractivity contribution in [3.8, 4) is 0 Å². The van der Waals surface area contributed by atoms with Gasteiger partial charge < -0.3 is 9.80 Å². The number of anilines is 1. The second-order valence-corrected chi connectivity index (χ2v) is 11.2. The third-order valence-electron chi connectivity index (χ3n) is 7.02. The van der Waals surface area contributed by atoms with Crippen LogP contribution in [-0.4, -0.2) is 66.1 Å². The average Bonchev–Trinajstić information content (AvgIpc) is 2.82. The molecule has 10 heteroatoms. The molecule has 3 heterocycles. The number of hydrogen-bond acceptors (Lipinski definition) is 5. The number of aromatic nitrogens is 1. The molecule has 8 nitrogen and oxygen atoms in total. The fourth-order valence-corrected chi connectivity index (χ4v) is 7.17. The molecule has 5 rings (SSSR count). The van der Waals surface area contributed by atoms with E-state index in [1.807, 2.05) is 6.92 Å². The average molecular weight is 473 g/mol. The van der Waals surface area contributed by atoms with Crippen molar-refractivity contribution in [3.63, 3.8) is 0 Å². The second kappa shape index (κ2) is 7.59. The lowest BCUT2D eigenvalue weighted by molar-refractivity contribution is -0.116. The van der Waals surface area contributed by atoms with Gasteiger partial charge in [0.05, 0.1) is 5.69 Å². The van der Waals surface area contributed by atoms with Crippen LogP contribution in [0.1, 0.15) is 37.2 Å². The van der Waals surface area contributed by atoms with Crippen LogP contribution in [0.2, 0.25) is 0 Å². The fraction of sp³-hybridized carbons (Fsp3) is 0.435. The summed E-state index contributed by atoms with van der Waals surface area (Å²) < 4.78 is 41.0. The standard InChI is InChI=1S/C23H25FN4O4S/c1-15-12-27(16(2)29)19-7-5-9-25-21(19)22(30)28(15)17-10-23(11-17)13-26(14-23)33(31,32)20-8-4-3-6-18(20)24/h3-9,15,17H,10-14H2,1-2H3/t15-/m1/s1. The van der Waals surface area contributed by atoms with Crippen LogP contribution in [0.4, 0.5) is 10.1 Å². The van der Waals surface area contributed by atoms with E-state index in [0.717, 1.165) is 6.07 Å². The quantitative estimate of drug-likeness (QED) is 0.684. The van der Waals surface area contributed by atoms with Gasteiger partial charge in [0, 0.05) is 50.3 Å². The van der Waals surface area contributed by atoms with Crippen LogP contribution >= 0.6 is 0 Å². The Morgan fingerprint density at radius 1 is 1.15 bits per heavy atom. The van der Waals surface area contributed by atoms with Crippen molar-refractivity contribution >= 4 is 27.5 Å².